The Balaban J connectivity index is 2.33. The minimum Gasteiger partial charge on any atom is -0.207 e. The normalized spacial score (nSPS) is 27.2. The van der Waals surface area contributed by atoms with Gasteiger partial charge in [0.15, 0.2) is 0 Å². The van der Waals surface area contributed by atoms with E-state index in [0.717, 1.165) is 17.5 Å². The summed E-state index contributed by atoms with van der Waals surface area (Å²) in [6.07, 6.45) is 1.15. The molecule has 1 fully saturated rings. The Morgan fingerprint density at radius 2 is 2.08 bits per heavy atom. The molecule has 1 heteroatoms. The van der Waals surface area contributed by atoms with Crippen molar-refractivity contribution in [2.75, 3.05) is 0 Å². The molecular weight excluding hydrogens is 151 g/mol. The van der Waals surface area contributed by atoms with Crippen molar-refractivity contribution >= 4 is 0 Å². The average Bonchev–Trinajstić information content (AvgIpc) is 2.66. The summed E-state index contributed by atoms with van der Waals surface area (Å²) in [4.78, 5) is 0. The second-order valence-corrected chi connectivity index (χ2v) is 3.84. The Hall–Kier alpha value is -0.850. The van der Waals surface area contributed by atoms with E-state index in [-0.39, 0.29) is 5.82 Å². The number of benzene rings is 1. The highest BCUT2D eigenvalue weighted by Gasteiger charge is 2.35. The molecule has 0 aliphatic heterocycles. The lowest BCUT2D eigenvalue weighted by Gasteiger charge is -2.01. The highest BCUT2D eigenvalue weighted by Crippen LogP contribution is 2.47. The van der Waals surface area contributed by atoms with E-state index in [1.165, 1.54) is 0 Å². The van der Waals surface area contributed by atoms with Gasteiger partial charge in [-0.2, -0.15) is 0 Å². The molecule has 1 aliphatic carbocycles. The third-order valence-electron chi connectivity index (χ3n) is 2.66. The van der Waals surface area contributed by atoms with Gasteiger partial charge >= 0.3 is 0 Å². The van der Waals surface area contributed by atoms with Gasteiger partial charge in [0, 0.05) is 0 Å². The number of halogens is 1. The van der Waals surface area contributed by atoms with E-state index in [0.29, 0.717) is 11.8 Å². The van der Waals surface area contributed by atoms with Gasteiger partial charge in [0.05, 0.1) is 0 Å². The molecule has 1 aromatic carbocycles. The van der Waals surface area contributed by atoms with Crippen LogP contribution in [-0.2, 0) is 0 Å². The maximum atomic E-state index is 13.3. The Kier molecular flexibility index (Phi) is 1.67. The molecule has 0 nitrogen and oxygen atoms in total. The molecule has 0 amide bonds. The van der Waals surface area contributed by atoms with Gasteiger partial charge in [0.1, 0.15) is 5.82 Å². The molecule has 0 radical (unpaired) electrons. The van der Waals surface area contributed by atoms with Crippen LogP contribution in [0.5, 0.6) is 0 Å². The molecule has 0 saturated heterocycles. The van der Waals surface area contributed by atoms with E-state index in [9.17, 15) is 4.39 Å². The maximum Gasteiger partial charge on any atom is 0.126 e. The second-order valence-electron chi connectivity index (χ2n) is 3.84. The number of rotatable bonds is 1. The van der Waals surface area contributed by atoms with Crippen molar-refractivity contribution in [3.05, 3.63) is 35.1 Å². The van der Waals surface area contributed by atoms with Crippen LogP contribution >= 0.6 is 0 Å². The van der Waals surface area contributed by atoms with E-state index in [1.54, 1.807) is 6.07 Å². The topological polar surface area (TPSA) is 0 Å². The van der Waals surface area contributed by atoms with Gasteiger partial charge < -0.3 is 0 Å². The summed E-state index contributed by atoms with van der Waals surface area (Å²) in [6.45, 7) is 4.09. The lowest BCUT2D eigenvalue weighted by Crippen LogP contribution is -1.88. The molecule has 2 unspecified atom stereocenters. The molecule has 1 saturated carbocycles. The van der Waals surface area contributed by atoms with Gasteiger partial charge in [-0.1, -0.05) is 19.1 Å². The van der Waals surface area contributed by atoms with Gasteiger partial charge in [0.25, 0.3) is 0 Å². The summed E-state index contributed by atoms with van der Waals surface area (Å²) < 4.78 is 13.3. The molecule has 2 rings (SSSR count). The summed E-state index contributed by atoms with van der Waals surface area (Å²) in [7, 11) is 0. The Labute approximate surface area is 72.4 Å². The molecular formula is C11H13F. The first-order chi connectivity index (χ1) is 5.68. The predicted molar refractivity (Wildman–Crippen MR) is 47.7 cm³/mol. The minimum absolute atomic E-state index is 0.0237. The van der Waals surface area contributed by atoms with Crippen LogP contribution in [0.2, 0.25) is 0 Å². The summed E-state index contributed by atoms with van der Waals surface area (Å²) in [5.74, 6) is 1.15. The molecule has 0 spiro atoms. The maximum absolute atomic E-state index is 13.3. The van der Waals surface area contributed by atoms with Gasteiger partial charge in [0.2, 0.25) is 0 Å². The van der Waals surface area contributed by atoms with Crippen molar-refractivity contribution in [1.29, 1.82) is 0 Å². The van der Waals surface area contributed by atoms with Crippen LogP contribution in [0, 0.1) is 18.7 Å². The van der Waals surface area contributed by atoms with E-state index in [1.807, 2.05) is 19.1 Å². The fraction of sp³-hybridized carbons (Fsp3) is 0.455. The van der Waals surface area contributed by atoms with Crippen molar-refractivity contribution in [2.45, 2.75) is 26.2 Å². The van der Waals surface area contributed by atoms with E-state index in [2.05, 4.69) is 6.92 Å². The van der Waals surface area contributed by atoms with E-state index < -0.39 is 0 Å². The number of hydrogen-bond acceptors (Lipinski definition) is 0. The minimum atomic E-state index is -0.0237. The Bertz CT molecular complexity index is 304. The van der Waals surface area contributed by atoms with Crippen molar-refractivity contribution < 1.29 is 4.39 Å². The van der Waals surface area contributed by atoms with Gasteiger partial charge in [-0.3, -0.25) is 0 Å². The fourth-order valence-electron chi connectivity index (χ4n) is 1.69. The fourth-order valence-corrected chi connectivity index (χ4v) is 1.69. The molecule has 64 valence electrons. The SMILES string of the molecule is Cc1ccc(C2CC2C)c(F)c1. The Morgan fingerprint density at radius 1 is 1.42 bits per heavy atom. The lowest BCUT2D eigenvalue weighted by atomic mass is 10.1. The Morgan fingerprint density at radius 3 is 2.58 bits per heavy atom. The smallest absolute Gasteiger partial charge is 0.126 e. The van der Waals surface area contributed by atoms with E-state index in [4.69, 9.17) is 0 Å². The average molecular weight is 164 g/mol. The van der Waals surface area contributed by atoms with Gasteiger partial charge in [-0.15, -0.1) is 0 Å². The zero-order chi connectivity index (χ0) is 8.72. The van der Waals surface area contributed by atoms with Crippen LogP contribution in [0.1, 0.15) is 30.4 Å². The lowest BCUT2D eigenvalue weighted by molar-refractivity contribution is 0.606. The predicted octanol–water partition coefficient (Wildman–Crippen LogP) is 3.26. The summed E-state index contributed by atoms with van der Waals surface area (Å²) in [5.41, 5.74) is 1.91. The third kappa shape index (κ3) is 1.24. The van der Waals surface area contributed by atoms with Gasteiger partial charge in [-0.05, 0) is 42.4 Å². The molecule has 0 aromatic heterocycles. The van der Waals surface area contributed by atoms with Crippen molar-refractivity contribution in [1.82, 2.24) is 0 Å². The monoisotopic (exact) mass is 164 g/mol. The standard InChI is InChI=1S/C11H13F/c1-7-3-4-9(11(12)5-7)10-6-8(10)2/h3-5,8,10H,6H2,1-2H3. The zero-order valence-corrected chi connectivity index (χ0v) is 7.47. The van der Waals surface area contributed by atoms with Crippen LogP contribution in [-0.4, -0.2) is 0 Å². The van der Waals surface area contributed by atoms with Crippen LogP contribution in [0.3, 0.4) is 0 Å². The molecule has 1 aromatic rings. The molecule has 2 atom stereocenters. The number of aryl methyl sites for hydroxylation is 1. The first kappa shape index (κ1) is 7.78. The van der Waals surface area contributed by atoms with Crippen molar-refractivity contribution in [3.63, 3.8) is 0 Å². The molecule has 0 bridgehead atoms. The summed E-state index contributed by atoms with van der Waals surface area (Å²) in [5, 5.41) is 0. The summed E-state index contributed by atoms with van der Waals surface area (Å²) >= 11 is 0. The molecule has 1 aliphatic rings. The second kappa shape index (κ2) is 2.58. The first-order valence-electron chi connectivity index (χ1n) is 4.44. The highest BCUT2D eigenvalue weighted by molar-refractivity contribution is 5.30. The zero-order valence-electron chi connectivity index (χ0n) is 7.47. The van der Waals surface area contributed by atoms with Crippen LogP contribution in [0.25, 0.3) is 0 Å². The van der Waals surface area contributed by atoms with Crippen molar-refractivity contribution in [3.8, 4) is 0 Å². The van der Waals surface area contributed by atoms with Crippen LogP contribution in [0.15, 0.2) is 18.2 Å². The highest BCUT2D eigenvalue weighted by atomic mass is 19.1. The third-order valence-corrected chi connectivity index (χ3v) is 2.66. The van der Waals surface area contributed by atoms with Gasteiger partial charge in [-0.25, -0.2) is 4.39 Å². The number of hydrogen-bond donors (Lipinski definition) is 0. The quantitative estimate of drug-likeness (QED) is 0.597. The summed E-state index contributed by atoms with van der Waals surface area (Å²) in [6, 6.07) is 5.54. The largest absolute Gasteiger partial charge is 0.207 e. The van der Waals surface area contributed by atoms with Crippen LogP contribution in [0.4, 0.5) is 4.39 Å². The molecule has 0 N–H and O–H groups in total. The van der Waals surface area contributed by atoms with E-state index >= 15 is 0 Å². The first-order valence-corrected chi connectivity index (χ1v) is 4.44. The van der Waals surface area contributed by atoms with Crippen LogP contribution < -0.4 is 0 Å². The molecule has 12 heavy (non-hydrogen) atoms. The van der Waals surface area contributed by atoms with Crippen molar-refractivity contribution in [2.24, 2.45) is 5.92 Å². The molecule has 0 heterocycles.